The lowest BCUT2D eigenvalue weighted by molar-refractivity contribution is -0.116. The number of benzene rings is 1. The predicted octanol–water partition coefficient (Wildman–Crippen LogP) is 0.791. The van der Waals surface area contributed by atoms with Gasteiger partial charge in [-0.1, -0.05) is 0 Å². The Morgan fingerprint density at radius 3 is 2.46 bits per heavy atom. The van der Waals surface area contributed by atoms with E-state index in [-0.39, 0.29) is 23.9 Å². The predicted molar refractivity (Wildman–Crippen MR) is 99.5 cm³/mol. The Morgan fingerprint density at radius 1 is 1.15 bits per heavy atom. The van der Waals surface area contributed by atoms with Crippen molar-refractivity contribution in [2.75, 3.05) is 22.5 Å². The Kier molecular flexibility index (Phi) is 6.21. The molecule has 1 aromatic heterocycles. The van der Waals surface area contributed by atoms with E-state index in [4.69, 9.17) is 16.9 Å². The van der Waals surface area contributed by atoms with Crippen LogP contribution in [-0.2, 0) is 4.79 Å². The summed E-state index contributed by atoms with van der Waals surface area (Å²) >= 11 is 0. The Labute approximate surface area is 149 Å². The molecular weight excluding hydrogens is 336 g/mol. The van der Waals surface area contributed by atoms with Crippen LogP contribution in [0.3, 0.4) is 0 Å². The molecule has 8 N–H and O–H groups in total. The van der Waals surface area contributed by atoms with Gasteiger partial charge in [0.15, 0.2) is 0 Å². The molecule has 2 rings (SSSR count). The molecule has 0 saturated heterocycles. The van der Waals surface area contributed by atoms with Gasteiger partial charge >= 0.3 is 0 Å². The molecular formula is C16H18N8O2. The number of aromatic nitrogens is 2. The number of rotatable bonds is 9. The summed E-state index contributed by atoms with van der Waals surface area (Å²) in [7, 11) is 0. The molecule has 0 fully saturated rings. The summed E-state index contributed by atoms with van der Waals surface area (Å²) in [5, 5.41) is 15.5. The van der Waals surface area contributed by atoms with E-state index in [0.29, 0.717) is 5.69 Å². The van der Waals surface area contributed by atoms with E-state index in [1.807, 2.05) is 0 Å². The van der Waals surface area contributed by atoms with Gasteiger partial charge in [0.25, 0.3) is 5.91 Å². The largest absolute Gasteiger partial charge is 0.368 e. The minimum Gasteiger partial charge on any atom is -0.368 e. The van der Waals surface area contributed by atoms with Gasteiger partial charge < -0.3 is 32.8 Å². The first-order chi connectivity index (χ1) is 12.5. The molecule has 0 spiro atoms. The third kappa shape index (κ3) is 5.30. The van der Waals surface area contributed by atoms with Gasteiger partial charge in [0.05, 0.1) is 6.54 Å². The highest BCUT2D eigenvalue weighted by atomic mass is 16.1. The average Bonchev–Trinajstić information content (AvgIpc) is 2.61. The molecule has 1 heterocycles. The van der Waals surface area contributed by atoms with Crippen molar-refractivity contribution in [3.8, 4) is 0 Å². The molecule has 1 aromatic carbocycles. The number of hydrogen-bond acceptors (Lipinski definition) is 8. The SMILES string of the molecule is N=C/C=C\Nc1ccc(Nc2nc(NCC(N)=O)ncc2C(N)=O)cc1. The lowest BCUT2D eigenvalue weighted by Gasteiger charge is -2.11. The second kappa shape index (κ2) is 8.78. The van der Waals surface area contributed by atoms with Crippen LogP contribution in [-0.4, -0.2) is 34.5 Å². The molecule has 2 aromatic rings. The number of anilines is 4. The molecule has 26 heavy (non-hydrogen) atoms. The lowest BCUT2D eigenvalue weighted by Crippen LogP contribution is -2.23. The standard InChI is InChI=1S/C16H18N8O2/c17-6-1-7-20-10-2-4-11(5-3-10)23-15-12(14(19)26)8-21-16(24-15)22-9-13(18)25/h1-8,17,20H,9H2,(H2,18,25)(H2,19,26)(H2,21,22,23,24)/b7-1-,17-6?. The summed E-state index contributed by atoms with van der Waals surface area (Å²) in [4.78, 5) is 30.5. The Balaban J connectivity index is 2.18. The molecule has 0 aliphatic heterocycles. The first kappa shape index (κ1) is 18.4. The van der Waals surface area contributed by atoms with Crippen LogP contribution < -0.4 is 27.4 Å². The quantitative estimate of drug-likeness (QED) is 0.361. The number of carbonyl (C=O) groups excluding carboxylic acids is 2. The zero-order valence-electron chi connectivity index (χ0n) is 13.7. The average molecular weight is 354 g/mol. The van der Waals surface area contributed by atoms with E-state index in [1.165, 1.54) is 6.20 Å². The number of nitrogens with zero attached hydrogens (tertiary/aromatic N) is 2. The van der Waals surface area contributed by atoms with Crippen molar-refractivity contribution in [1.29, 1.82) is 5.41 Å². The number of carbonyl (C=O) groups is 2. The monoisotopic (exact) mass is 354 g/mol. The van der Waals surface area contributed by atoms with Gasteiger partial charge in [-0.2, -0.15) is 4.98 Å². The normalized spacial score (nSPS) is 10.3. The fourth-order valence-corrected chi connectivity index (χ4v) is 1.89. The molecule has 0 bridgehead atoms. The first-order valence-corrected chi connectivity index (χ1v) is 7.48. The van der Waals surface area contributed by atoms with E-state index in [0.717, 1.165) is 11.9 Å². The second-order valence-corrected chi connectivity index (χ2v) is 5.01. The zero-order valence-corrected chi connectivity index (χ0v) is 13.7. The van der Waals surface area contributed by atoms with E-state index in [1.54, 1.807) is 36.5 Å². The van der Waals surface area contributed by atoms with Crippen molar-refractivity contribution in [1.82, 2.24) is 9.97 Å². The highest BCUT2D eigenvalue weighted by Crippen LogP contribution is 2.21. The van der Waals surface area contributed by atoms with E-state index < -0.39 is 11.8 Å². The highest BCUT2D eigenvalue weighted by Gasteiger charge is 2.12. The maximum absolute atomic E-state index is 11.6. The zero-order chi connectivity index (χ0) is 18.9. The molecule has 0 aliphatic rings. The van der Waals surface area contributed by atoms with Crippen LogP contribution in [0.1, 0.15) is 10.4 Å². The summed E-state index contributed by atoms with van der Waals surface area (Å²) in [5.74, 6) is -0.929. The highest BCUT2D eigenvalue weighted by molar-refractivity contribution is 5.98. The fraction of sp³-hybridized carbons (Fsp3) is 0.0625. The first-order valence-electron chi connectivity index (χ1n) is 7.48. The number of nitrogens with two attached hydrogens (primary N) is 2. The van der Waals surface area contributed by atoms with Crippen LogP contribution in [0.4, 0.5) is 23.1 Å². The fourth-order valence-electron chi connectivity index (χ4n) is 1.89. The maximum Gasteiger partial charge on any atom is 0.254 e. The van der Waals surface area contributed by atoms with E-state index in [2.05, 4.69) is 25.9 Å². The van der Waals surface area contributed by atoms with E-state index in [9.17, 15) is 9.59 Å². The number of hydrogen-bond donors (Lipinski definition) is 6. The Hall–Kier alpha value is -3.95. The number of nitrogens with one attached hydrogen (secondary N) is 4. The molecule has 134 valence electrons. The summed E-state index contributed by atoms with van der Waals surface area (Å²) < 4.78 is 0. The number of amides is 2. The minimum absolute atomic E-state index is 0.103. The maximum atomic E-state index is 11.6. The van der Waals surface area contributed by atoms with Gasteiger partial charge in [-0.15, -0.1) is 0 Å². The third-order valence-corrected chi connectivity index (χ3v) is 3.07. The molecule has 0 radical (unpaired) electrons. The van der Waals surface area contributed by atoms with Gasteiger partial charge in [0, 0.05) is 30.0 Å². The van der Waals surface area contributed by atoms with Gasteiger partial charge in [-0.3, -0.25) is 9.59 Å². The van der Waals surface area contributed by atoms with Crippen LogP contribution in [0.2, 0.25) is 0 Å². The summed E-state index contributed by atoms with van der Waals surface area (Å²) in [6.07, 6.45) is 5.60. The van der Waals surface area contributed by atoms with Crippen molar-refractivity contribution < 1.29 is 9.59 Å². The Morgan fingerprint density at radius 2 is 1.85 bits per heavy atom. The molecule has 10 nitrogen and oxygen atoms in total. The third-order valence-electron chi connectivity index (χ3n) is 3.07. The van der Waals surface area contributed by atoms with Crippen molar-refractivity contribution in [2.45, 2.75) is 0 Å². The van der Waals surface area contributed by atoms with Crippen LogP contribution >= 0.6 is 0 Å². The van der Waals surface area contributed by atoms with Crippen LogP contribution in [0.5, 0.6) is 0 Å². The molecule has 2 amide bonds. The summed E-state index contributed by atoms with van der Waals surface area (Å²) in [6, 6.07) is 7.13. The number of primary amides is 2. The van der Waals surface area contributed by atoms with Gasteiger partial charge in [-0.25, -0.2) is 4.98 Å². The van der Waals surface area contributed by atoms with Gasteiger partial charge in [-0.05, 0) is 30.3 Å². The molecule has 0 aliphatic carbocycles. The van der Waals surface area contributed by atoms with Crippen LogP contribution in [0.25, 0.3) is 0 Å². The van der Waals surface area contributed by atoms with Gasteiger partial charge in [0.2, 0.25) is 11.9 Å². The second-order valence-electron chi connectivity index (χ2n) is 5.01. The lowest BCUT2D eigenvalue weighted by atomic mass is 10.2. The Bertz CT molecular complexity index is 833. The number of allylic oxidation sites excluding steroid dienone is 1. The summed E-state index contributed by atoms with van der Waals surface area (Å²) in [5.41, 5.74) is 12.0. The molecule has 0 unspecified atom stereocenters. The minimum atomic E-state index is -0.691. The van der Waals surface area contributed by atoms with Crippen molar-refractivity contribution in [2.24, 2.45) is 11.5 Å². The molecule has 0 atom stereocenters. The molecule has 10 heteroatoms. The van der Waals surface area contributed by atoms with E-state index >= 15 is 0 Å². The van der Waals surface area contributed by atoms with Gasteiger partial charge in [0.1, 0.15) is 11.4 Å². The van der Waals surface area contributed by atoms with Crippen molar-refractivity contribution in [3.63, 3.8) is 0 Å². The topological polar surface area (TPSA) is 172 Å². The van der Waals surface area contributed by atoms with Crippen molar-refractivity contribution in [3.05, 3.63) is 48.3 Å². The summed E-state index contributed by atoms with van der Waals surface area (Å²) in [6.45, 7) is -0.140. The van der Waals surface area contributed by atoms with Crippen molar-refractivity contribution >= 4 is 41.2 Å². The smallest absolute Gasteiger partial charge is 0.254 e. The molecule has 0 saturated carbocycles. The van der Waals surface area contributed by atoms with Crippen LogP contribution in [0, 0.1) is 5.41 Å². The van der Waals surface area contributed by atoms with Crippen LogP contribution in [0.15, 0.2) is 42.7 Å².